The van der Waals surface area contributed by atoms with Crippen LogP contribution in [0.15, 0.2) is 60.9 Å². The summed E-state index contributed by atoms with van der Waals surface area (Å²) in [6.45, 7) is 2.65. The summed E-state index contributed by atoms with van der Waals surface area (Å²) in [5, 5.41) is 8.80. The van der Waals surface area contributed by atoms with Crippen LogP contribution in [0, 0.1) is 0 Å². The number of allylic oxidation sites excluding steroid dienone is 9. The molecule has 0 saturated heterocycles. The molecule has 0 aliphatic carbocycles. The molecule has 56 heavy (non-hydrogen) atoms. The van der Waals surface area contributed by atoms with Crippen LogP contribution in [0.2, 0.25) is 0 Å². The molecule has 326 valence electrons. The Bertz CT molecular complexity index is 1080. The number of likely N-dealkylation sites (N-methyl/N-ethyl adjacent to an activating group) is 1. The number of esters is 1. The first-order valence-electron chi connectivity index (χ1n) is 22.2. The Morgan fingerprint density at radius 1 is 0.625 bits per heavy atom. The Balaban J connectivity index is 4.37. The van der Waals surface area contributed by atoms with Crippen LogP contribution in [0.5, 0.6) is 0 Å². The fraction of sp³-hybridized carbons (Fsp3) is 0.761. The zero-order valence-corrected chi connectivity index (χ0v) is 37.2. The van der Waals surface area contributed by atoms with Crippen molar-refractivity contribution in [3.63, 3.8) is 0 Å². The zero-order chi connectivity index (χ0) is 41.3. The second-order valence-corrected chi connectivity index (χ2v) is 17.3. The minimum absolute atomic E-state index is 0.0125. The summed E-state index contributed by atoms with van der Waals surface area (Å²) < 4.78 is 34.3. The standard InChI is InChI=1S/C46H84NO8P/c1-5-6-7-8-9-10-11-12-13-19-22-25-28-31-34-37-41-52-45(44-55-56(50,51)54-42-39-47(2,3)4)43-53-46(49)38-35-32-29-26-23-20-17-15-14-16-18-21-24-27-30-33-36-40-48/h14,16-17,20-21,24,26,29,37,41,45,48H,5-13,15,18-19,22-23,25,27-28,30-36,38-40,42-44H2,1-4H3/b16-14-,20-17-,24-21-,29-26-,41-37+/t45-/m1/s1. The maximum Gasteiger partial charge on any atom is 0.305 e. The highest BCUT2D eigenvalue weighted by Gasteiger charge is 2.19. The molecule has 0 aromatic rings. The van der Waals surface area contributed by atoms with Gasteiger partial charge in [0.05, 0.1) is 34.0 Å². The van der Waals surface area contributed by atoms with Crippen molar-refractivity contribution in [3.8, 4) is 0 Å². The van der Waals surface area contributed by atoms with Crippen molar-refractivity contribution in [2.24, 2.45) is 0 Å². The lowest BCUT2D eigenvalue weighted by Crippen LogP contribution is -2.37. The summed E-state index contributed by atoms with van der Waals surface area (Å²) in [4.78, 5) is 24.8. The van der Waals surface area contributed by atoms with Crippen molar-refractivity contribution < 1.29 is 42.4 Å². The van der Waals surface area contributed by atoms with Crippen LogP contribution < -0.4 is 4.89 Å². The van der Waals surface area contributed by atoms with E-state index in [-0.39, 0.29) is 38.8 Å². The second-order valence-electron chi connectivity index (χ2n) is 15.8. The van der Waals surface area contributed by atoms with E-state index in [0.717, 1.165) is 64.2 Å². The van der Waals surface area contributed by atoms with Gasteiger partial charge in [0.25, 0.3) is 7.82 Å². The fourth-order valence-electron chi connectivity index (χ4n) is 5.68. The zero-order valence-electron chi connectivity index (χ0n) is 36.3. The Hall–Kier alpha value is -2.00. The molecule has 2 atom stereocenters. The van der Waals surface area contributed by atoms with Crippen LogP contribution in [0.1, 0.15) is 167 Å². The number of quaternary nitrogens is 1. The molecule has 0 amide bonds. The monoisotopic (exact) mass is 810 g/mol. The van der Waals surface area contributed by atoms with Crippen molar-refractivity contribution >= 4 is 13.8 Å². The largest absolute Gasteiger partial charge is 0.756 e. The van der Waals surface area contributed by atoms with Gasteiger partial charge in [-0.3, -0.25) is 9.36 Å². The van der Waals surface area contributed by atoms with Crippen LogP contribution in [0.25, 0.3) is 0 Å². The van der Waals surface area contributed by atoms with Gasteiger partial charge in [-0.2, -0.15) is 0 Å². The number of carbonyl (C=O) groups is 1. The third-order valence-corrected chi connectivity index (χ3v) is 10.2. The predicted molar refractivity (Wildman–Crippen MR) is 232 cm³/mol. The highest BCUT2D eigenvalue weighted by atomic mass is 31.2. The van der Waals surface area contributed by atoms with Crippen molar-refractivity contribution in [2.75, 3.05) is 54.1 Å². The molecule has 10 heteroatoms. The fourth-order valence-corrected chi connectivity index (χ4v) is 6.41. The van der Waals surface area contributed by atoms with Crippen LogP contribution in [-0.4, -0.2) is 75.8 Å². The number of ether oxygens (including phenoxy) is 2. The summed E-state index contributed by atoms with van der Waals surface area (Å²) in [6, 6.07) is 0. The molecule has 0 fully saturated rings. The lowest BCUT2D eigenvalue weighted by atomic mass is 10.0. The molecule has 0 aliphatic heterocycles. The molecule has 9 nitrogen and oxygen atoms in total. The van der Waals surface area contributed by atoms with Gasteiger partial charge >= 0.3 is 5.97 Å². The van der Waals surface area contributed by atoms with Gasteiger partial charge in [0.1, 0.15) is 19.8 Å². The molecular weight excluding hydrogens is 725 g/mol. The minimum atomic E-state index is -4.53. The summed E-state index contributed by atoms with van der Waals surface area (Å²) in [6.07, 6.45) is 47.8. The first kappa shape index (κ1) is 54.0. The number of hydrogen-bond acceptors (Lipinski definition) is 8. The number of phosphoric ester groups is 1. The molecule has 0 aliphatic rings. The van der Waals surface area contributed by atoms with E-state index >= 15 is 0 Å². The molecule has 0 aromatic carbocycles. The molecule has 0 bridgehead atoms. The lowest BCUT2D eigenvalue weighted by molar-refractivity contribution is -0.870. The van der Waals surface area contributed by atoms with Gasteiger partial charge in [-0.25, -0.2) is 0 Å². The Morgan fingerprint density at radius 2 is 1.09 bits per heavy atom. The van der Waals surface area contributed by atoms with Gasteiger partial charge in [0.2, 0.25) is 0 Å². The molecule has 1 unspecified atom stereocenters. The number of carbonyl (C=O) groups excluding carboxylic acids is 1. The van der Waals surface area contributed by atoms with E-state index in [1.165, 1.54) is 83.5 Å². The Morgan fingerprint density at radius 3 is 1.61 bits per heavy atom. The Labute approximate surface area is 343 Å². The highest BCUT2D eigenvalue weighted by molar-refractivity contribution is 7.45. The first-order chi connectivity index (χ1) is 27.1. The summed E-state index contributed by atoms with van der Waals surface area (Å²) in [7, 11) is 1.31. The van der Waals surface area contributed by atoms with Gasteiger partial charge in [-0.05, 0) is 70.3 Å². The van der Waals surface area contributed by atoms with E-state index in [0.29, 0.717) is 17.4 Å². The molecule has 0 aromatic heterocycles. The topological polar surface area (TPSA) is 114 Å². The SMILES string of the molecule is CCCCCCCCCCCCCCCC/C=C/O[C@H](COC(=O)CCC/C=C\C/C=C\C/C=C\C/C=C\CCCCCO)COP(=O)([O-])OCC[N+](C)(C)C. The van der Waals surface area contributed by atoms with Gasteiger partial charge in [-0.15, -0.1) is 0 Å². The smallest absolute Gasteiger partial charge is 0.305 e. The highest BCUT2D eigenvalue weighted by Crippen LogP contribution is 2.38. The lowest BCUT2D eigenvalue weighted by Gasteiger charge is -2.28. The van der Waals surface area contributed by atoms with Crippen LogP contribution in [0.3, 0.4) is 0 Å². The molecule has 0 saturated carbocycles. The molecule has 1 N–H and O–H groups in total. The van der Waals surface area contributed by atoms with Crippen molar-refractivity contribution in [2.45, 2.75) is 174 Å². The maximum absolute atomic E-state index is 12.5. The first-order valence-corrected chi connectivity index (χ1v) is 23.6. The normalized spacial score (nSPS) is 14.2. The third-order valence-electron chi connectivity index (χ3n) is 9.22. The second kappa shape index (κ2) is 39.8. The van der Waals surface area contributed by atoms with E-state index in [2.05, 4.69) is 55.5 Å². The van der Waals surface area contributed by atoms with Gasteiger partial charge in [-0.1, -0.05) is 145 Å². The number of hydrogen-bond donors (Lipinski definition) is 1. The number of rotatable bonds is 41. The summed E-state index contributed by atoms with van der Waals surface area (Å²) in [5.74, 6) is -0.355. The third kappa shape index (κ3) is 43.1. The quantitative estimate of drug-likeness (QED) is 0.0162. The molecule has 0 radical (unpaired) electrons. The summed E-state index contributed by atoms with van der Waals surface area (Å²) >= 11 is 0. The van der Waals surface area contributed by atoms with Gasteiger partial charge < -0.3 is 33.0 Å². The van der Waals surface area contributed by atoms with Gasteiger partial charge in [0, 0.05) is 13.0 Å². The van der Waals surface area contributed by atoms with Crippen LogP contribution >= 0.6 is 7.82 Å². The molecular formula is C46H84NO8P. The molecule has 0 spiro atoms. The van der Waals surface area contributed by atoms with E-state index in [4.69, 9.17) is 23.6 Å². The molecule has 0 heterocycles. The summed E-state index contributed by atoms with van der Waals surface area (Å²) in [5.41, 5.74) is 0. The number of aliphatic hydroxyl groups excluding tert-OH is 1. The van der Waals surface area contributed by atoms with Crippen molar-refractivity contribution in [1.82, 2.24) is 0 Å². The average molecular weight is 810 g/mol. The van der Waals surface area contributed by atoms with Crippen molar-refractivity contribution in [1.29, 1.82) is 0 Å². The van der Waals surface area contributed by atoms with Crippen LogP contribution in [-0.2, 0) is 27.9 Å². The minimum Gasteiger partial charge on any atom is -0.756 e. The van der Waals surface area contributed by atoms with Gasteiger partial charge in [0.15, 0.2) is 6.10 Å². The number of nitrogens with zero attached hydrogens (tertiary/aromatic N) is 1. The number of aliphatic hydroxyl groups is 1. The average Bonchev–Trinajstić information content (AvgIpc) is 3.15. The predicted octanol–water partition coefficient (Wildman–Crippen LogP) is 11.6. The van der Waals surface area contributed by atoms with Crippen molar-refractivity contribution in [3.05, 3.63) is 60.9 Å². The van der Waals surface area contributed by atoms with E-state index < -0.39 is 13.9 Å². The number of phosphoric acid groups is 1. The van der Waals surface area contributed by atoms with E-state index in [1.54, 1.807) is 6.26 Å². The molecule has 0 rings (SSSR count). The maximum atomic E-state index is 12.5. The van der Waals surface area contributed by atoms with E-state index in [1.807, 2.05) is 27.2 Å². The van der Waals surface area contributed by atoms with Crippen LogP contribution in [0.4, 0.5) is 0 Å². The van der Waals surface area contributed by atoms with E-state index in [9.17, 15) is 14.3 Å². The Kier molecular flexibility index (Phi) is 38.4. The number of unbranched alkanes of at least 4 members (excludes halogenated alkanes) is 18.